The number of methoxy groups -OCH3 is 6. The Bertz CT molecular complexity index is 3180. The number of hydrogen-bond donors (Lipinski definition) is 10. The Labute approximate surface area is 638 Å². The van der Waals surface area contributed by atoms with Crippen molar-refractivity contribution in [2.75, 3.05) is 128 Å². The van der Waals surface area contributed by atoms with Gasteiger partial charge in [-0.15, -0.1) is 0 Å². The lowest BCUT2D eigenvalue weighted by Gasteiger charge is -2.49. The lowest BCUT2D eigenvalue weighted by Crippen LogP contribution is -2.67. The molecule has 0 spiro atoms. The van der Waals surface area contributed by atoms with Gasteiger partial charge in [-0.05, 0) is 94.3 Å². The van der Waals surface area contributed by atoms with Crippen molar-refractivity contribution >= 4 is 84.7 Å². The molecule has 3 saturated heterocycles. The van der Waals surface area contributed by atoms with Crippen LogP contribution in [-0.2, 0) is 76.1 Å². The maximum Gasteiger partial charge on any atom is 0.407 e. The zero-order valence-corrected chi connectivity index (χ0v) is 66.0. The first-order valence-electron chi connectivity index (χ1n) is 34.3. The normalized spacial score (nSPS) is 29.4. The monoisotopic (exact) mass is 1660 g/mol. The molecule has 4 fully saturated rings. The van der Waals surface area contributed by atoms with Crippen LogP contribution < -0.4 is 36.1 Å². The van der Waals surface area contributed by atoms with Gasteiger partial charge in [0.1, 0.15) is 48.8 Å². The number of amides is 3. The van der Waals surface area contributed by atoms with E-state index in [0.717, 1.165) is 18.9 Å². The van der Waals surface area contributed by atoms with Gasteiger partial charge in [-0.2, -0.15) is 5.48 Å². The lowest BCUT2D eigenvalue weighted by molar-refractivity contribution is -0.326. The highest BCUT2D eigenvalue weighted by atomic mass is 127. The van der Waals surface area contributed by atoms with Crippen molar-refractivity contribution in [3.8, 4) is 40.9 Å². The van der Waals surface area contributed by atoms with E-state index in [2.05, 4.69) is 39.8 Å². The predicted molar refractivity (Wildman–Crippen MR) is 393 cm³/mol. The van der Waals surface area contributed by atoms with Gasteiger partial charge in [-0.1, -0.05) is 63.1 Å². The van der Waals surface area contributed by atoms with Gasteiger partial charge in [0.25, 0.3) is 0 Å². The average Bonchev–Trinajstić information content (AvgIpc) is 0.757. The molecule has 105 heavy (non-hydrogen) atoms. The number of aliphatic hydroxyl groups excluding tert-OH is 5. The summed E-state index contributed by atoms with van der Waals surface area (Å²) in [7, 11) is 10.6. The number of fused-ring (bicyclic) bond motifs is 2. The van der Waals surface area contributed by atoms with Crippen LogP contribution in [0, 0.1) is 40.1 Å². The van der Waals surface area contributed by atoms with Crippen LogP contribution in [-0.4, -0.2) is 312 Å². The summed E-state index contributed by atoms with van der Waals surface area (Å²) in [4.78, 5) is 76.6. The second-order valence-corrected chi connectivity index (χ2v) is 30.8. The van der Waals surface area contributed by atoms with Crippen molar-refractivity contribution in [2.24, 2.45) is 11.7 Å². The molecule has 32 nitrogen and oxygen atoms in total. The molecule has 3 heterocycles. The minimum Gasteiger partial charge on any atom is -0.492 e. The van der Waals surface area contributed by atoms with E-state index in [0.29, 0.717) is 35.6 Å². The molecule has 18 unspecified atom stereocenters. The number of halogens is 1. The molecule has 3 amide bonds. The summed E-state index contributed by atoms with van der Waals surface area (Å²) in [6, 6.07) is -3.42. The summed E-state index contributed by atoms with van der Waals surface area (Å²) in [5.41, 5.74) is 7.22. The molecule has 592 valence electrons. The second-order valence-electron chi connectivity index (χ2n) is 25.6. The zero-order chi connectivity index (χ0) is 77.3. The van der Waals surface area contributed by atoms with Crippen LogP contribution in [0.5, 0.6) is 17.2 Å². The number of benzene rings is 1. The number of likely N-dealkylation sites (N-methyl/N-ethyl adjacent to an activating group) is 1. The van der Waals surface area contributed by atoms with Gasteiger partial charge >= 0.3 is 6.09 Å². The first-order valence-corrected chi connectivity index (χ1v) is 38.5. The van der Waals surface area contributed by atoms with E-state index in [1.54, 1.807) is 33.8 Å². The summed E-state index contributed by atoms with van der Waals surface area (Å²) in [5.74, 6) is 9.20. The summed E-state index contributed by atoms with van der Waals surface area (Å²) in [6.45, 7) is 13.7. The van der Waals surface area contributed by atoms with Crippen molar-refractivity contribution < 1.29 is 131 Å². The highest BCUT2D eigenvalue weighted by Gasteiger charge is 2.55. The Hall–Kier alpha value is -4.25. The van der Waals surface area contributed by atoms with Gasteiger partial charge in [0, 0.05) is 63.7 Å². The Morgan fingerprint density at radius 3 is 2.22 bits per heavy atom. The number of nitrogens with zero attached hydrogens (tertiary/aromatic N) is 1. The van der Waals surface area contributed by atoms with E-state index >= 15 is 0 Å². The molecular formula is C69H104IN5O27S3. The van der Waals surface area contributed by atoms with Gasteiger partial charge in [-0.25, -0.2) is 4.79 Å². The Kier molecular flexibility index (Phi) is 37.5. The third-order valence-electron chi connectivity index (χ3n) is 17.8. The molecule has 20 atom stereocenters. The largest absolute Gasteiger partial charge is 0.492 e. The topological polar surface area (TPSA) is 420 Å². The zero-order valence-electron chi connectivity index (χ0n) is 61.4. The number of nitrogens with two attached hydrogens (primary N) is 1. The van der Waals surface area contributed by atoms with Crippen LogP contribution in [0.4, 0.5) is 4.79 Å². The van der Waals surface area contributed by atoms with Crippen LogP contribution in [0.3, 0.4) is 0 Å². The maximum absolute atomic E-state index is 14.6. The molecule has 2 aliphatic carbocycles. The van der Waals surface area contributed by atoms with Crippen molar-refractivity contribution in [3.63, 3.8) is 0 Å². The highest BCUT2D eigenvalue weighted by molar-refractivity contribution is 14.1. The number of hydrogen-bond acceptors (Lipinski definition) is 32. The van der Waals surface area contributed by atoms with E-state index in [9.17, 15) is 49.5 Å². The van der Waals surface area contributed by atoms with Crippen LogP contribution in [0.2, 0.25) is 0 Å². The van der Waals surface area contributed by atoms with Crippen LogP contribution in [0.1, 0.15) is 76.7 Å². The van der Waals surface area contributed by atoms with Crippen molar-refractivity contribution in [1.82, 2.24) is 21.0 Å². The van der Waals surface area contributed by atoms with Gasteiger partial charge < -0.3 is 123 Å². The van der Waals surface area contributed by atoms with Crippen LogP contribution in [0.15, 0.2) is 23.8 Å². The Morgan fingerprint density at radius 2 is 1.60 bits per heavy atom. The summed E-state index contributed by atoms with van der Waals surface area (Å²) >= 11 is 2.76. The summed E-state index contributed by atoms with van der Waals surface area (Å²) in [6.07, 6.45) is -15.0. The molecule has 1 aromatic rings. The molecule has 6 rings (SSSR count). The number of rotatable bonds is 40. The van der Waals surface area contributed by atoms with Gasteiger partial charge in [0.15, 0.2) is 35.5 Å². The molecule has 0 aromatic heterocycles. The minimum absolute atomic E-state index is 0.01000. The number of nitrogens with one attached hydrogen (secondary N) is 3. The molecule has 3 aliphatic heterocycles. The van der Waals surface area contributed by atoms with Gasteiger partial charge in [0.05, 0.1) is 145 Å². The third kappa shape index (κ3) is 24.4. The molecule has 1 saturated carbocycles. The van der Waals surface area contributed by atoms with Crippen molar-refractivity contribution in [3.05, 3.63) is 38.5 Å². The van der Waals surface area contributed by atoms with E-state index in [1.807, 2.05) is 36.4 Å². The standard InChI is InChI=1S/C69H104IN5O27S3/c1-14-75(48(81)34-71)42-35-96-36-46(58(42)88-9)99-61-55(82)53(74-102-49-31-43(78)63(40(5)97-49)104-64(84)50-37(2)52(70)60(62(90-11)59(50)89-10)101-65(91-12)56(83)57(87-8)38(3)77)39(4)98-66(61)100-45-19-17-15-16-18-21-69(86)32-44(79)54(73-67(85)92-13)51(45)41(69)20-30-103-105-68(6,7)33-47(80)72-22-24-93-26-28-95-29-27-94-25-23-76/h15-16,20,38-40,42-43,45-46,49,51,53-58,61,63,65-66,74,76-78,82-83,86H,14,22-36,71H2,1-13H3,(H,72,80)(H,73,85)/b16-15-,41-20+/t38?,39?,40?,42?,43?,45-,46?,49?,51?,53?,54?,55?,56?,57?,58?,61?,63?,65?,66?,69-/m0/s1. The fourth-order valence-corrected chi connectivity index (χ4v) is 16.8. The number of ether oxygens (including phenoxy) is 15. The maximum atomic E-state index is 14.6. The number of thioether (sulfide) groups is 1. The molecule has 11 N–H and O–H groups in total. The van der Waals surface area contributed by atoms with Crippen LogP contribution in [0.25, 0.3) is 0 Å². The second kappa shape index (κ2) is 44.0. The van der Waals surface area contributed by atoms with E-state index in [1.165, 1.54) is 81.1 Å². The Balaban J connectivity index is 1.25. The van der Waals surface area contributed by atoms with E-state index in [4.69, 9.17) is 86.7 Å². The number of carbonyl (C=O) groups excluding carboxylic acids is 5. The number of alkyl carbamates (subject to hydrolysis) is 1. The van der Waals surface area contributed by atoms with Crippen LogP contribution >= 0.6 is 55.9 Å². The average molecular weight is 1660 g/mol. The fourth-order valence-electron chi connectivity index (χ4n) is 12.7. The Morgan fingerprint density at radius 1 is 0.914 bits per heavy atom. The quantitative estimate of drug-likeness (QED) is 0.00835. The number of allylic oxidation sites excluding steroid dienone is 2. The molecular weight excluding hydrogens is 1550 g/mol. The van der Waals surface area contributed by atoms with E-state index < -0.39 is 155 Å². The van der Waals surface area contributed by atoms with Crippen molar-refractivity contribution in [1.29, 1.82) is 0 Å². The number of aliphatic hydroxyl groups is 6. The predicted octanol–water partition coefficient (Wildman–Crippen LogP) is 1.07. The number of carbonyl (C=O) groups is 5. The highest BCUT2D eigenvalue weighted by Crippen LogP contribution is 2.49. The van der Waals surface area contributed by atoms with Gasteiger partial charge in [0.2, 0.25) is 29.0 Å². The summed E-state index contributed by atoms with van der Waals surface area (Å²) in [5, 5.41) is 71.8. The van der Waals surface area contributed by atoms with Gasteiger partial charge in [-0.3, -0.25) is 24.0 Å². The number of Topliss-reactive ketones (excluding diaryl/α,β-unsaturated/α-hetero) is 1. The number of hydroxylamine groups is 1. The fraction of sp³-hybridized carbons (Fsp3) is 0.725. The third-order valence-corrected chi connectivity index (χ3v) is 23.6. The minimum atomic E-state index is -2.17. The molecule has 5 aliphatic rings. The van der Waals surface area contributed by atoms with E-state index in [-0.39, 0.29) is 106 Å². The smallest absolute Gasteiger partial charge is 0.407 e. The molecule has 2 bridgehead atoms. The molecule has 0 radical (unpaired) electrons. The SMILES string of the molecule is CCN(C(=O)CN)C1COCC(OC2C(O[C@H]3C#C/C=C\C#C[C@]4(O)CC(=O)C(NC(=O)OC)C3/C4=C\CSSC(C)(C)CC(=O)NCCOCCOCCOCCO)OC(C)C(NOC3CC(O)C(SC(=O)c4c(C)c(I)c(OC(OC)C(O)C(OC)C(C)O)c(OC)c4OC)C(C)O3)C2O)C1OC. The molecule has 1 aromatic carbocycles. The first-order chi connectivity index (χ1) is 50.1. The lowest BCUT2D eigenvalue weighted by atomic mass is 9.68. The molecule has 36 heteroatoms. The summed E-state index contributed by atoms with van der Waals surface area (Å²) < 4.78 is 88.5. The van der Waals surface area contributed by atoms with Crippen molar-refractivity contribution in [2.45, 2.75) is 187 Å². The first kappa shape index (κ1) is 89.6. The number of ketones is 1.